The molecule has 0 aliphatic heterocycles. The summed E-state index contributed by atoms with van der Waals surface area (Å²) >= 11 is 11.5. The van der Waals surface area contributed by atoms with Crippen LogP contribution < -0.4 is 14.4 Å². The molecule has 0 saturated heterocycles. The highest BCUT2D eigenvalue weighted by Crippen LogP contribution is 2.64. The standard InChI is InChI=1S/C45H30Br3NO2/c1-50-35-15-11-33(12-16-35)49(34-13-17-36(51-2)18-14-34)32-9-3-27(4-10-32)28-5-19-37-38-20-6-29(46)24-42(38)45(41(37)23-28)43-25-30(47)7-21-39(43)40-22-8-31(48)26-44(40)45/h3-26H,1-2H3. The number of rotatable bonds is 6. The lowest BCUT2D eigenvalue weighted by molar-refractivity contribution is 0.415. The van der Waals surface area contributed by atoms with Gasteiger partial charge in [0.25, 0.3) is 0 Å². The summed E-state index contributed by atoms with van der Waals surface area (Å²) < 4.78 is 14.1. The average Bonchev–Trinajstić information content (AvgIpc) is 3.61. The lowest BCUT2D eigenvalue weighted by Gasteiger charge is -2.31. The third-order valence-electron chi connectivity index (χ3n) is 10.3. The second kappa shape index (κ2) is 12.6. The van der Waals surface area contributed by atoms with Gasteiger partial charge in [-0.25, -0.2) is 0 Å². The van der Waals surface area contributed by atoms with Crippen molar-refractivity contribution < 1.29 is 9.47 Å². The van der Waals surface area contributed by atoms with Crippen molar-refractivity contribution in [2.24, 2.45) is 0 Å². The Balaban J connectivity index is 1.20. The van der Waals surface area contributed by atoms with Crippen LogP contribution in [0.2, 0.25) is 0 Å². The molecule has 0 radical (unpaired) electrons. The fourth-order valence-electron chi connectivity index (χ4n) is 8.04. The first-order valence-electron chi connectivity index (χ1n) is 16.6. The van der Waals surface area contributed by atoms with E-state index in [2.05, 4.69) is 174 Å². The molecule has 51 heavy (non-hydrogen) atoms. The van der Waals surface area contributed by atoms with Crippen LogP contribution in [-0.2, 0) is 5.41 Å². The van der Waals surface area contributed by atoms with Crippen molar-refractivity contribution in [3.05, 3.63) is 181 Å². The van der Waals surface area contributed by atoms with Gasteiger partial charge in [-0.15, -0.1) is 0 Å². The SMILES string of the molecule is COc1ccc(N(c2ccc(OC)cc2)c2ccc(-c3ccc4c(c3)C3(c5cc(Br)ccc5-c5ccc(Br)cc53)c3cc(Br)ccc3-4)cc2)cc1. The van der Waals surface area contributed by atoms with Crippen LogP contribution in [0.25, 0.3) is 33.4 Å². The quantitative estimate of drug-likeness (QED) is 0.166. The molecule has 7 aromatic rings. The molecule has 7 aromatic carbocycles. The van der Waals surface area contributed by atoms with Crippen LogP contribution in [0, 0.1) is 0 Å². The molecule has 3 nitrogen and oxygen atoms in total. The lowest BCUT2D eigenvalue weighted by atomic mass is 9.70. The van der Waals surface area contributed by atoms with Gasteiger partial charge in [0.15, 0.2) is 0 Å². The number of hydrogen-bond acceptors (Lipinski definition) is 3. The summed E-state index contributed by atoms with van der Waals surface area (Å²) in [5.41, 5.74) is 15.2. The van der Waals surface area contributed by atoms with E-state index < -0.39 is 5.41 Å². The van der Waals surface area contributed by atoms with Crippen LogP contribution in [0.5, 0.6) is 11.5 Å². The Kier molecular flexibility index (Phi) is 7.95. The van der Waals surface area contributed by atoms with Crippen LogP contribution in [-0.4, -0.2) is 14.2 Å². The van der Waals surface area contributed by atoms with Crippen molar-refractivity contribution in [1.29, 1.82) is 0 Å². The van der Waals surface area contributed by atoms with E-state index in [1.165, 1.54) is 50.1 Å². The first-order valence-corrected chi connectivity index (χ1v) is 19.0. The van der Waals surface area contributed by atoms with Gasteiger partial charge in [-0.2, -0.15) is 0 Å². The zero-order chi connectivity index (χ0) is 34.9. The third kappa shape index (κ3) is 5.10. The van der Waals surface area contributed by atoms with Crippen LogP contribution in [0.3, 0.4) is 0 Å². The zero-order valence-electron chi connectivity index (χ0n) is 27.8. The van der Waals surface area contributed by atoms with Crippen LogP contribution in [0.4, 0.5) is 17.1 Å². The molecule has 0 amide bonds. The van der Waals surface area contributed by atoms with Gasteiger partial charge in [0.05, 0.1) is 19.6 Å². The van der Waals surface area contributed by atoms with Crippen LogP contribution in [0.15, 0.2) is 159 Å². The van der Waals surface area contributed by atoms with Crippen LogP contribution in [0.1, 0.15) is 22.3 Å². The highest BCUT2D eigenvalue weighted by atomic mass is 79.9. The number of nitrogens with zero attached hydrogens (tertiary/aromatic N) is 1. The topological polar surface area (TPSA) is 21.7 Å². The zero-order valence-corrected chi connectivity index (χ0v) is 32.5. The van der Waals surface area contributed by atoms with Crippen molar-refractivity contribution >= 4 is 64.9 Å². The summed E-state index contributed by atoms with van der Waals surface area (Å²) in [5.74, 6) is 1.64. The average molecular weight is 856 g/mol. The summed E-state index contributed by atoms with van der Waals surface area (Å²) in [7, 11) is 3.38. The first-order chi connectivity index (χ1) is 24.9. The maximum absolute atomic E-state index is 5.46. The minimum Gasteiger partial charge on any atom is -0.497 e. The summed E-state index contributed by atoms with van der Waals surface area (Å²) in [6, 6.07) is 52.4. The largest absolute Gasteiger partial charge is 0.497 e. The molecule has 6 heteroatoms. The fraction of sp³-hybridized carbons (Fsp3) is 0.0667. The van der Waals surface area contributed by atoms with E-state index in [0.717, 1.165) is 47.5 Å². The second-order valence-electron chi connectivity index (χ2n) is 12.9. The van der Waals surface area contributed by atoms with E-state index in [1.807, 2.05) is 24.3 Å². The molecule has 0 heterocycles. The van der Waals surface area contributed by atoms with Gasteiger partial charge < -0.3 is 14.4 Å². The van der Waals surface area contributed by atoms with E-state index in [4.69, 9.17) is 9.47 Å². The van der Waals surface area contributed by atoms with E-state index in [1.54, 1.807) is 14.2 Å². The van der Waals surface area contributed by atoms with Gasteiger partial charge in [0.2, 0.25) is 0 Å². The minimum absolute atomic E-state index is 0.470. The maximum atomic E-state index is 5.46. The van der Waals surface area contributed by atoms with Crippen molar-refractivity contribution in [2.45, 2.75) is 5.41 Å². The predicted molar refractivity (Wildman–Crippen MR) is 219 cm³/mol. The summed E-state index contributed by atoms with van der Waals surface area (Å²) in [6.07, 6.45) is 0. The van der Waals surface area contributed by atoms with Gasteiger partial charge >= 0.3 is 0 Å². The molecule has 0 aromatic heterocycles. The molecule has 0 N–H and O–H groups in total. The molecular weight excluding hydrogens is 826 g/mol. The number of anilines is 3. The molecule has 0 unspecified atom stereocenters. The summed E-state index contributed by atoms with van der Waals surface area (Å²) in [4.78, 5) is 2.25. The van der Waals surface area contributed by atoms with Gasteiger partial charge in [-0.05, 0) is 159 Å². The molecule has 0 bridgehead atoms. The molecule has 248 valence electrons. The minimum atomic E-state index is -0.470. The van der Waals surface area contributed by atoms with E-state index in [-0.39, 0.29) is 0 Å². The van der Waals surface area contributed by atoms with Gasteiger partial charge in [-0.3, -0.25) is 0 Å². The second-order valence-corrected chi connectivity index (χ2v) is 15.6. The third-order valence-corrected chi connectivity index (χ3v) is 11.8. The van der Waals surface area contributed by atoms with Crippen molar-refractivity contribution in [3.63, 3.8) is 0 Å². The number of hydrogen-bond donors (Lipinski definition) is 0. The Bertz CT molecular complexity index is 2350. The Labute approximate surface area is 322 Å². The number of halogens is 3. The summed E-state index contributed by atoms with van der Waals surface area (Å²) in [5, 5.41) is 0. The molecular formula is C45H30Br3NO2. The molecule has 2 aliphatic rings. The van der Waals surface area contributed by atoms with E-state index in [9.17, 15) is 0 Å². The molecule has 2 aliphatic carbocycles. The van der Waals surface area contributed by atoms with E-state index >= 15 is 0 Å². The van der Waals surface area contributed by atoms with Crippen molar-refractivity contribution in [3.8, 4) is 44.9 Å². The maximum Gasteiger partial charge on any atom is 0.119 e. The molecule has 0 saturated carbocycles. The smallest absolute Gasteiger partial charge is 0.119 e. The Morgan fingerprint density at radius 1 is 0.392 bits per heavy atom. The highest BCUT2D eigenvalue weighted by molar-refractivity contribution is 9.11. The molecule has 9 rings (SSSR count). The van der Waals surface area contributed by atoms with Crippen LogP contribution >= 0.6 is 47.8 Å². The Morgan fingerprint density at radius 3 is 1.12 bits per heavy atom. The molecule has 1 spiro atoms. The normalized spacial score (nSPS) is 13.0. The van der Waals surface area contributed by atoms with Gasteiger partial charge in [-0.1, -0.05) is 90.3 Å². The number of methoxy groups -OCH3 is 2. The predicted octanol–water partition coefficient (Wildman–Crippen LogP) is 13.5. The Morgan fingerprint density at radius 2 is 0.725 bits per heavy atom. The summed E-state index contributed by atoms with van der Waals surface area (Å²) in [6.45, 7) is 0. The fourth-order valence-corrected chi connectivity index (χ4v) is 9.12. The molecule has 0 fully saturated rings. The van der Waals surface area contributed by atoms with E-state index in [0.29, 0.717) is 0 Å². The number of fused-ring (bicyclic) bond motifs is 10. The monoisotopic (exact) mass is 853 g/mol. The first kappa shape index (κ1) is 32.3. The Hall–Kier alpha value is -4.62. The number of benzene rings is 7. The van der Waals surface area contributed by atoms with Crippen molar-refractivity contribution in [2.75, 3.05) is 19.1 Å². The highest BCUT2D eigenvalue weighted by Gasteiger charge is 2.52. The molecule has 0 atom stereocenters. The van der Waals surface area contributed by atoms with Crippen molar-refractivity contribution in [1.82, 2.24) is 0 Å². The number of ether oxygens (including phenoxy) is 2. The lowest BCUT2D eigenvalue weighted by Crippen LogP contribution is -2.26. The van der Waals surface area contributed by atoms with Gasteiger partial charge in [0, 0.05) is 30.5 Å². The van der Waals surface area contributed by atoms with Gasteiger partial charge in [0.1, 0.15) is 11.5 Å².